The van der Waals surface area contributed by atoms with E-state index in [1.165, 1.54) is 0 Å². The van der Waals surface area contributed by atoms with Crippen molar-refractivity contribution < 1.29 is 0 Å². The summed E-state index contributed by atoms with van der Waals surface area (Å²) in [5.41, 5.74) is 2.67. The molecule has 0 spiro atoms. The predicted octanol–water partition coefficient (Wildman–Crippen LogP) is 1.29. The minimum absolute atomic E-state index is 1.62. The fourth-order valence-electron chi connectivity index (χ4n) is 0.681. The van der Waals surface area contributed by atoms with Crippen LogP contribution in [0.3, 0.4) is 0 Å². The summed E-state index contributed by atoms with van der Waals surface area (Å²) in [4.78, 5) is 3.79. The van der Waals surface area contributed by atoms with Gasteiger partial charge in [0.25, 0.3) is 0 Å². The van der Waals surface area contributed by atoms with Crippen molar-refractivity contribution in [1.82, 2.24) is 10.7 Å². The summed E-state index contributed by atoms with van der Waals surface area (Å²) in [6.07, 6.45) is 18.0. The number of rotatable bonds is 0. The highest BCUT2D eigenvalue weighted by Gasteiger charge is 1.68. The molecule has 2 rings (SSSR count). The molecule has 0 aromatic rings. The van der Waals surface area contributed by atoms with E-state index in [1.807, 2.05) is 36.6 Å². The third-order valence-corrected chi connectivity index (χ3v) is 1.25. The van der Waals surface area contributed by atoms with Crippen molar-refractivity contribution in [2.24, 2.45) is 10.1 Å². The average molecular weight is 188 g/mol. The van der Waals surface area contributed by atoms with Gasteiger partial charge in [-0.3, -0.25) is 5.43 Å². The SMILES string of the molecule is C1=CC=NNC=C1.C1=CN=CNC=C1. The highest BCUT2D eigenvalue weighted by molar-refractivity contribution is 5.71. The van der Waals surface area contributed by atoms with Gasteiger partial charge >= 0.3 is 0 Å². The Morgan fingerprint density at radius 3 is 2.79 bits per heavy atom. The zero-order chi connectivity index (χ0) is 9.90. The second kappa shape index (κ2) is 7.54. The van der Waals surface area contributed by atoms with E-state index < -0.39 is 0 Å². The summed E-state index contributed by atoms with van der Waals surface area (Å²) >= 11 is 0. The van der Waals surface area contributed by atoms with Crippen LogP contribution in [0.25, 0.3) is 0 Å². The third-order valence-electron chi connectivity index (χ3n) is 1.25. The Bertz CT molecular complexity index is 248. The summed E-state index contributed by atoms with van der Waals surface area (Å²) in [6, 6.07) is 0. The van der Waals surface area contributed by atoms with E-state index in [0.29, 0.717) is 0 Å². The van der Waals surface area contributed by atoms with Crippen LogP contribution in [-0.4, -0.2) is 12.6 Å². The van der Waals surface area contributed by atoms with Gasteiger partial charge in [-0.15, -0.1) is 0 Å². The van der Waals surface area contributed by atoms with Gasteiger partial charge in [0.2, 0.25) is 0 Å². The molecule has 0 amide bonds. The first-order valence-electron chi connectivity index (χ1n) is 4.20. The molecule has 72 valence electrons. The number of hydrogen-bond acceptors (Lipinski definition) is 4. The van der Waals surface area contributed by atoms with Crippen LogP contribution in [0.1, 0.15) is 0 Å². The van der Waals surface area contributed by atoms with Gasteiger partial charge in [-0.1, -0.05) is 6.08 Å². The minimum Gasteiger partial charge on any atom is -0.353 e. The zero-order valence-electron chi connectivity index (χ0n) is 7.67. The minimum atomic E-state index is 1.62. The van der Waals surface area contributed by atoms with Crippen molar-refractivity contribution in [3.8, 4) is 0 Å². The van der Waals surface area contributed by atoms with Crippen LogP contribution in [-0.2, 0) is 0 Å². The van der Waals surface area contributed by atoms with Gasteiger partial charge in [-0.25, -0.2) is 4.99 Å². The fraction of sp³-hybridized carbons (Fsp3) is 0. The van der Waals surface area contributed by atoms with Crippen molar-refractivity contribution in [2.75, 3.05) is 0 Å². The molecule has 0 saturated carbocycles. The van der Waals surface area contributed by atoms with Gasteiger partial charge in [-0.2, -0.15) is 5.10 Å². The Morgan fingerprint density at radius 2 is 1.79 bits per heavy atom. The molecule has 0 aromatic carbocycles. The molecular formula is C10H12N4. The second-order valence-corrected chi connectivity index (χ2v) is 2.30. The smallest absolute Gasteiger partial charge is 0.0918 e. The average Bonchev–Trinajstić information content (AvgIpc) is 2.68. The summed E-state index contributed by atoms with van der Waals surface area (Å²) in [5, 5.41) is 6.53. The summed E-state index contributed by atoms with van der Waals surface area (Å²) in [6.45, 7) is 0. The van der Waals surface area contributed by atoms with Crippen molar-refractivity contribution in [2.45, 2.75) is 0 Å². The molecule has 0 fully saturated rings. The van der Waals surface area contributed by atoms with Crippen molar-refractivity contribution in [3.63, 3.8) is 0 Å². The Balaban J connectivity index is 0.000000140. The third kappa shape index (κ3) is 5.54. The quantitative estimate of drug-likeness (QED) is 0.601. The number of hydrazone groups is 1. The lowest BCUT2D eigenvalue weighted by Crippen LogP contribution is -1.96. The molecule has 14 heavy (non-hydrogen) atoms. The van der Waals surface area contributed by atoms with Crippen molar-refractivity contribution >= 4 is 12.6 Å². The molecule has 2 N–H and O–H groups in total. The lowest BCUT2D eigenvalue weighted by Gasteiger charge is -1.78. The van der Waals surface area contributed by atoms with Crippen LogP contribution in [0.2, 0.25) is 0 Å². The van der Waals surface area contributed by atoms with Gasteiger partial charge in [0.1, 0.15) is 0 Å². The highest BCUT2D eigenvalue weighted by Crippen LogP contribution is 1.78. The first kappa shape index (κ1) is 9.98. The molecule has 2 aliphatic heterocycles. The molecule has 0 atom stereocenters. The Hall–Kier alpha value is -2.10. The molecule has 4 heteroatoms. The second-order valence-electron chi connectivity index (χ2n) is 2.30. The van der Waals surface area contributed by atoms with Crippen LogP contribution in [0.15, 0.2) is 59.1 Å². The van der Waals surface area contributed by atoms with Gasteiger partial charge in [0.15, 0.2) is 0 Å². The van der Waals surface area contributed by atoms with E-state index in [2.05, 4.69) is 20.8 Å². The van der Waals surface area contributed by atoms with E-state index in [0.717, 1.165) is 0 Å². The predicted molar refractivity (Wildman–Crippen MR) is 59.8 cm³/mol. The van der Waals surface area contributed by atoms with Crippen molar-refractivity contribution in [3.05, 3.63) is 49.0 Å². The van der Waals surface area contributed by atoms with Crippen LogP contribution >= 0.6 is 0 Å². The maximum atomic E-state index is 3.79. The van der Waals surface area contributed by atoms with E-state index in [4.69, 9.17) is 0 Å². The maximum Gasteiger partial charge on any atom is 0.0918 e. The van der Waals surface area contributed by atoms with E-state index in [-0.39, 0.29) is 0 Å². The standard InChI is InChI=1S/2C5H6N2/c1-2-4-7-5-6-3-1;1-2-4-6-7-5-3-1/h1-5H,(H,6,7);1-6H. The summed E-state index contributed by atoms with van der Waals surface area (Å²) in [7, 11) is 0. The number of aliphatic imine (C=N–C) groups is 1. The molecule has 2 aliphatic rings. The van der Waals surface area contributed by atoms with Gasteiger partial charge in [-0.05, 0) is 24.3 Å². The number of nitrogens with one attached hydrogen (secondary N) is 2. The monoisotopic (exact) mass is 188 g/mol. The maximum absolute atomic E-state index is 3.79. The van der Waals surface area contributed by atoms with Gasteiger partial charge in [0, 0.05) is 24.8 Å². The lowest BCUT2D eigenvalue weighted by atomic mass is 10.5. The lowest BCUT2D eigenvalue weighted by molar-refractivity contribution is 0.980. The molecule has 0 saturated heterocycles. The van der Waals surface area contributed by atoms with Crippen LogP contribution in [0.5, 0.6) is 0 Å². The van der Waals surface area contributed by atoms with Crippen LogP contribution in [0.4, 0.5) is 0 Å². The van der Waals surface area contributed by atoms with Crippen molar-refractivity contribution in [1.29, 1.82) is 0 Å². The molecule has 0 radical (unpaired) electrons. The first-order valence-corrected chi connectivity index (χ1v) is 4.20. The molecule has 0 aromatic heterocycles. The van der Waals surface area contributed by atoms with Crippen LogP contribution < -0.4 is 10.7 Å². The van der Waals surface area contributed by atoms with Gasteiger partial charge < -0.3 is 5.32 Å². The molecule has 0 bridgehead atoms. The summed E-state index contributed by atoms with van der Waals surface area (Å²) < 4.78 is 0. The Kier molecular flexibility index (Phi) is 5.38. The molecule has 0 aliphatic carbocycles. The number of hydrogen-bond donors (Lipinski definition) is 2. The summed E-state index contributed by atoms with van der Waals surface area (Å²) in [5.74, 6) is 0. The zero-order valence-corrected chi connectivity index (χ0v) is 7.67. The number of allylic oxidation sites excluding steroid dienone is 5. The van der Waals surface area contributed by atoms with E-state index >= 15 is 0 Å². The molecular weight excluding hydrogens is 176 g/mol. The van der Waals surface area contributed by atoms with Gasteiger partial charge in [0.05, 0.1) is 6.34 Å². The molecule has 4 nitrogen and oxygen atoms in total. The van der Waals surface area contributed by atoms with E-state index in [9.17, 15) is 0 Å². The van der Waals surface area contributed by atoms with Crippen LogP contribution in [0, 0.1) is 0 Å². The molecule has 2 heterocycles. The topological polar surface area (TPSA) is 48.8 Å². The highest BCUT2D eigenvalue weighted by atomic mass is 15.3. The first-order chi connectivity index (χ1) is 7.00. The largest absolute Gasteiger partial charge is 0.353 e. The fourth-order valence-corrected chi connectivity index (χ4v) is 0.681. The molecule has 0 unspecified atom stereocenters. The normalized spacial score (nSPS) is 16.0. The van der Waals surface area contributed by atoms with E-state index in [1.54, 1.807) is 25.0 Å². The number of nitrogens with zero attached hydrogens (tertiary/aromatic N) is 2. The Morgan fingerprint density at radius 1 is 0.857 bits per heavy atom. The Labute approximate surface area is 83.1 Å².